The fraction of sp³-hybridized carbons (Fsp3) is 0.500. The van der Waals surface area contributed by atoms with Gasteiger partial charge < -0.3 is 10.8 Å². The average Bonchev–Trinajstić information content (AvgIpc) is 2.22. The number of aliphatic hydroxyl groups excluding tert-OH is 1. The van der Waals surface area contributed by atoms with E-state index in [4.69, 9.17) is 5.73 Å². The Morgan fingerprint density at radius 2 is 2.31 bits per heavy atom. The van der Waals surface area contributed by atoms with Crippen molar-refractivity contribution in [1.82, 2.24) is 4.90 Å². The van der Waals surface area contributed by atoms with Crippen molar-refractivity contribution in [3.63, 3.8) is 0 Å². The van der Waals surface area contributed by atoms with Crippen LogP contribution in [0.15, 0.2) is 18.2 Å². The predicted molar refractivity (Wildman–Crippen MR) is 61.3 cm³/mol. The fourth-order valence-electron chi connectivity index (χ4n) is 2.11. The minimum atomic E-state index is -0.273. The van der Waals surface area contributed by atoms with Gasteiger partial charge in [0.25, 0.3) is 0 Å². The first-order chi connectivity index (χ1) is 7.65. The summed E-state index contributed by atoms with van der Waals surface area (Å²) in [6.07, 6.45) is 1.55. The molecule has 1 aromatic rings. The van der Waals surface area contributed by atoms with Gasteiger partial charge in [-0.25, -0.2) is 4.39 Å². The molecule has 0 radical (unpaired) electrons. The lowest BCUT2D eigenvalue weighted by Crippen LogP contribution is -2.37. The third-order valence-electron chi connectivity index (χ3n) is 2.95. The zero-order valence-corrected chi connectivity index (χ0v) is 9.19. The van der Waals surface area contributed by atoms with E-state index in [1.807, 2.05) is 0 Å². The van der Waals surface area contributed by atoms with Gasteiger partial charge in [0.05, 0.1) is 6.10 Å². The van der Waals surface area contributed by atoms with Crippen LogP contribution in [0.5, 0.6) is 0 Å². The molecule has 1 aliphatic rings. The molecule has 0 saturated carbocycles. The van der Waals surface area contributed by atoms with Gasteiger partial charge in [0, 0.05) is 24.3 Å². The quantitative estimate of drug-likeness (QED) is 0.746. The number of benzene rings is 1. The Morgan fingerprint density at radius 1 is 1.50 bits per heavy atom. The molecule has 0 aliphatic carbocycles. The topological polar surface area (TPSA) is 49.5 Å². The molecule has 0 amide bonds. The predicted octanol–water partition coefficient (Wildman–Crippen LogP) is 1.36. The summed E-state index contributed by atoms with van der Waals surface area (Å²) in [5.74, 6) is -0.264. The number of likely N-dealkylation sites (tertiary alicyclic amines) is 1. The smallest absolute Gasteiger partial charge is 0.129 e. The first kappa shape index (κ1) is 11.4. The van der Waals surface area contributed by atoms with Crippen LogP contribution in [0.3, 0.4) is 0 Å². The summed E-state index contributed by atoms with van der Waals surface area (Å²) >= 11 is 0. The molecule has 88 valence electrons. The van der Waals surface area contributed by atoms with Gasteiger partial charge in [-0.05, 0) is 31.5 Å². The molecule has 1 saturated heterocycles. The maximum Gasteiger partial charge on any atom is 0.129 e. The molecule has 0 spiro atoms. The van der Waals surface area contributed by atoms with Gasteiger partial charge in [0.1, 0.15) is 5.82 Å². The van der Waals surface area contributed by atoms with Gasteiger partial charge in [-0.15, -0.1) is 0 Å². The number of piperidine rings is 1. The van der Waals surface area contributed by atoms with Gasteiger partial charge in [0.2, 0.25) is 0 Å². The van der Waals surface area contributed by atoms with E-state index in [-0.39, 0.29) is 11.9 Å². The highest BCUT2D eigenvalue weighted by atomic mass is 19.1. The second-order valence-electron chi connectivity index (χ2n) is 4.38. The highest BCUT2D eigenvalue weighted by Crippen LogP contribution is 2.17. The first-order valence-electron chi connectivity index (χ1n) is 5.59. The largest absolute Gasteiger partial charge is 0.399 e. The van der Waals surface area contributed by atoms with E-state index in [0.29, 0.717) is 24.3 Å². The molecule has 2 rings (SSSR count). The van der Waals surface area contributed by atoms with Crippen molar-refractivity contribution < 1.29 is 9.50 Å². The molecule has 1 heterocycles. The lowest BCUT2D eigenvalue weighted by atomic mass is 10.1. The molecule has 1 atom stereocenters. The average molecular weight is 224 g/mol. The highest BCUT2D eigenvalue weighted by molar-refractivity contribution is 5.40. The maximum absolute atomic E-state index is 13.5. The zero-order valence-electron chi connectivity index (χ0n) is 9.19. The van der Waals surface area contributed by atoms with Gasteiger partial charge >= 0.3 is 0 Å². The van der Waals surface area contributed by atoms with Crippen molar-refractivity contribution >= 4 is 5.69 Å². The van der Waals surface area contributed by atoms with Gasteiger partial charge in [-0.3, -0.25) is 4.90 Å². The third kappa shape index (κ3) is 2.71. The van der Waals surface area contributed by atoms with Crippen molar-refractivity contribution in [2.24, 2.45) is 0 Å². The molecule has 1 fully saturated rings. The summed E-state index contributed by atoms with van der Waals surface area (Å²) in [6.45, 7) is 2.09. The number of nitrogens with two attached hydrogens (primary N) is 1. The number of nitrogens with zero attached hydrogens (tertiary/aromatic N) is 1. The number of hydrogen-bond acceptors (Lipinski definition) is 3. The van der Waals surface area contributed by atoms with E-state index in [0.717, 1.165) is 19.4 Å². The van der Waals surface area contributed by atoms with Crippen LogP contribution in [0.25, 0.3) is 0 Å². The molecule has 16 heavy (non-hydrogen) atoms. The standard InChI is InChI=1S/C12H17FN2O/c13-12-6-10(14)4-3-9(12)7-15-5-1-2-11(16)8-15/h3-4,6,11,16H,1-2,5,7-8,14H2. The van der Waals surface area contributed by atoms with Crippen LogP contribution >= 0.6 is 0 Å². The second-order valence-corrected chi connectivity index (χ2v) is 4.38. The van der Waals surface area contributed by atoms with Gasteiger partial charge in [-0.1, -0.05) is 6.07 Å². The van der Waals surface area contributed by atoms with Crippen molar-refractivity contribution in [1.29, 1.82) is 0 Å². The summed E-state index contributed by atoms with van der Waals surface area (Å²) in [4.78, 5) is 2.07. The van der Waals surface area contributed by atoms with E-state index >= 15 is 0 Å². The Kier molecular flexibility index (Phi) is 3.41. The molecule has 0 bridgehead atoms. The Labute approximate surface area is 94.7 Å². The molecule has 3 N–H and O–H groups in total. The van der Waals surface area contributed by atoms with Crippen LogP contribution in [0.1, 0.15) is 18.4 Å². The molecule has 1 aliphatic heterocycles. The summed E-state index contributed by atoms with van der Waals surface area (Å²) in [5, 5.41) is 9.52. The van der Waals surface area contributed by atoms with Crippen molar-refractivity contribution in [2.75, 3.05) is 18.8 Å². The SMILES string of the molecule is Nc1ccc(CN2CCCC(O)C2)c(F)c1. The minimum absolute atomic E-state index is 0.264. The van der Waals surface area contributed by atoms with Crippen LogP contribution < -0.4 is 5.73 Å². The molecule has 3 nitrogen and oxygen atoms in total. The number of rotatable bonds is 2. The minimum Gasteiger partial charge on any atom is -0.399 e. The van der Waals surface area contributed by atoms with Gasteiger partial charge in [-0.2, -0.15) is 0 Å². The second kappa shape index (κ2) is 4.80. The molecule has 1 unspecified atom stereocenters. The maximum atomic E-state index is 13.5. The summed E-state index contributed by atoms with van der Waals surface area (Å²) in [5.41, 5.74) is 6.58. The molecular formula is C12H17FN2O. The Balaban J connectivity index is 2.02. The number of halogens is 1. The highest BCUT2D eigenvalue weighted by Gasteiger charge is 2.18. The number of β-amino-alcohol motifs (C(OH)–C–C–N with tert-alkyl or cyclic N) is 1. The van der Waals surface area contributed by atoms with Crippen LogP contribution in [0.4, 0.5) is 10.1 Å². The van der Waals surface area contributed by atoms with Crippen molar-refractivity contribution in [2.45, 2.75) is 25.5 Å². The fourth-order valence-corrected chi connectivity index (χ4v) is 2.11. The Bertz CT molecular complexity index is 370. The van der Waals surface area contributed by atoms with E-state index in [1.54, 1.807) is 12.1 Å². The van der Waals surface area contributed by atoms with Crippen LogP contribution in [0.2, 0.25) is 0 Å². The van der Waals surface area contributed by atoms with E-state index < -0.39 is 0 Å². The molecule has 0 aromatic heterocycles. The normalized spacial score (nSPS) is 22.2. The Morgan fingerprint density at radius 3 is 3.00 bits per heavy atom. The zero-order chi connectivity index (χ0) is 11.5. The molecule has 1 aromatic carbocycles. The first-order valence-corrected chi connectivity index (χ1v) is 5.59. The van der Waals surface area contributed by atoms with E-state index in [9.17, 15) is 9.50 Å². The number of hydrogen-bond donors (Lipinski definition) is 2. The van der Waals surface area contributed by atoms with E-state index in [2.05, 4.69) is 4.90 Å². The Hall–Kier alpha value is -1.13. The lowest BCUT2D eigenvalue weighted by molar-refractivity contribution is 0.0663. The van der Waals surface area contributed by atoms with Gasteiger partial charge in [0.15, 0.2) is 0 Å². The number of nitrogen functional groups attached to an aromatic ring is 1. The van der Waals surface area contributed by atoms with Crippen molar-refractivity contribution in [3.8, 4) is 0 Å². The number of anilines is 1. The summed E-state index contributed by atoms with van der Waals surface area (Å²) in [6, 6.07) is 4.76. The number of aliphatic hydroxyl groups is 1. The van der Waals surface area contributed by atoms with E-state index in [1.165, 1.54) is 6.07 Å². The molecule has 4 heteroatoms. The van der Waals surface area contributed by atoms with Crippen LogP contribution in [-0.4, -0.2) is 29.2 Å². The van der Waals surface area contributed by atoms with Crippen LogP contribution in [-0.2, 0) is 6.54 Å². The van der Waals surface area contributed by atoms with Crippen LogP contribution in [0, 0.1) is 5.82 Å². The monoisotopic (exact) mass is 224 g/mol. The molecular weight excluding hydrogens is 207 g/mol. The summed E-state index contributed by atoms with van der Waals surface area (Å²) in [7, 11) is 0. The van der Waals surface area contributed by atoms with Crippen molar-refractivity contribution in [3.05, 3.63) is 29.6 Å². The summed E-state index contributed by atoms with van der Waals surface area (Å²) < 4.78 is 13.5. The third-order valence-corrected chi connectivity index (χ3v) is 2.95. The lowest BCUT2D eigenvalue weighted by Gasteiger charge is -2.30.